The van der Waals surface area contributed by atoms with Gasteiger partial charge in [0.15, 0.2) is 0 Å². The summed E-state index contributed by atoms with van der Waals surface area (Å²) in [6.45, 7) is 0.354. The van der Waals surface area contributed by atoms with E-state index in [-0.39, 0.29) is 11.5 Å². The fraction of sp³-hybridized carbons (Fsp3) is 0.0400. The Hall–Kier alpha value is -4.19. The highest BCUT2D eigenvalue weighted by Gasteiger charge is 2.34. The van der Waals surface area contributed by atoms with E-state index in [1.807, 2.05) is 41.1 Å². The number of imide groups is 1. The molecule has 31 heavy (non-hydrogen) atoms. The van der Waals surface area contributed by atoms with Crippen LogP contribution in [0.4, 0.5) is 14.9 Å². The van der Waals surface area contributed by atoms with Gasteiger partial charge in [0.05, 0.1) is 12.2 Å². The van der Waals surface area contributed by atoms with Gasteiger partial charge in [0.2, 0.25) is 0 Å². The average Bonchev–Trinajstić information content (AvgIpc) is 3.27. The minimum absolute atomic E-state index is 0.197. The normalized spacial score (nSPS) is 15.1. The van der Waals surface area contributed by atoms with Crippen LogP contribution < -0.4 is 10.2 Å². The van der Waals surface area contributed by atoms with Gasteiger partial charge in [0.25, 0.3) is 5.91 Å². The molecule has 1 saturated heterocycles. The second-order valence-corrected chi connectivity index (χ2v) is 7.29. The van der Waals surface area contributed by atoms with E-state index in [9.17, 15) is 14.0 Å². The van der Waals surface area contributed by atoms with Gasteiger partial charge in [0.1, 0.15) is 11.5 Å². The van der Waals surface area contributed by atoms with Gasteiger partial charge >= 0.3 is 6.03 Å². The molecule has 0 saturated carbocycles. The molecule has 2 heterocycles. The first-order valence-electron chi connectivity index (χ1n) is 9.85. The maximum Gasteiger partial charge on any atom is 0.333 e. The fourth-order valence-electron chi connectivity index (χ4n) is 3.83. The number of para-hydroxylation sites is 2. The molecule has 4 aromatic rings. The van der Waals surface area contributed by atoms with E-state index in [1.54, 1.807) is 48.5 Å². The van der Waals surface area contributed by atoms with Crippen molar-refractivity contribution in [3.63, 3.8) is 0 Å². The van der Waals surface area contributed by atoms with Crippen molar-refractivity contribution in [3.8, 4) is 0 Å². The molecule has 5 nitrogen and oxygen atoms in total. The molecule has 152 valence electrons. The lowest BCUT2D eigenvalue weighted by molar-refractivity contribution is -0.113. The van der Waals surface area contributed by atoms with Crippen LogP contribution in [0.25, 0.3) is 17.0 Å². The summed E-state index contributed by atoms with van der Waals surface area (Å²) in [7, 11) is 0. The summed E-state index contributed by atoms with van der Waals surface area (Å²) in [5, 5.41) is 3.57. The van der Waals surface area contributed by atoms with Gasteiger partial charge in [-0.2, -0.15) is 0 Å². The number of amides is 3. The van der Waals surface area contributed by atoms with Crippen LogP contribution in [0, 0.1) is 5.82 Å². The van der Waals surface area contributed by atoms with Crippen LogP contribution >= 0.6 is 0 Å². The Bertz CT molecular complexity index is 1340. The topological polar surface area (TPSA) is 54.3 Å². The van der Waals surface area contributed by atoms with Crippen LogP contribution in [0.1, 0.15) is 11.1 Å². The predicted molar refractivity (Wildman–Crippen MR) is 118 cm³/mol. The molecule has 1 aromatic heterocycles. The van der Waals surface area contributed by atoms with E-state index in [4.69, 9.17) is 0 Å². The van der Waals surface area contributed by atoms with Crippen LogP contribution in [0.5, 0.6) is 0 Å². The summed E-state index contributed by atoms with van der Waals surface area (Å²) < 4.78 is 16.1. The molecule has 0 unspecified atom stereocenters. The van der Waals surface area contributed by atoms with Crippen molar-refractivity contribution in [3.05, 3.63) is 108 Å². The number of rotatable bonds is 4. The Morgan fingerprint density at radius 1 is 0.871 bits per heavy atom. The largest absolute Gasteiger partial charge is 0.342 e. The van der Waals surface area contributed by atoms with Gasteiger partial charge in [-0.25, -0.2) is 14.1 Å². The van der Waals surface area contributed by atoms with Crippen LogP contribution in [0.2, 0.25) is 0 Å². The number of benzene rings is 3. The molecule has 1 aliphatic heterocycles. The van der Waals surface area contributed by atoms with Crippen LogP contribution in [-0.4, -0.2) is 16.5 Å². The third-order valence-corrected chi connectivity index (χ3v) is 5.31. The van der Waals surface area contributed by atoms with Crippen molar-refractivity contribution in [1.29, 1.82) is 0 Å². The van der Waals surface area contributed by atoms with Crippen molar-refractivity contribution in [2.24, 2.45) is 0 Å². The van der Waals surface area contributed by atoms with E-state index < -0.39 is 11.9 Å². The highest BCUT2D eigenvalue weighted by molar-refractivity contribution is 6.28. The zero-order valence-electron chi connectivity index (χ0n) is 16.5. The van der Waals surface area contributed by atoms with Crippen LogP contribution in [0.3, 0.4) is 0 Å². The summed E-state index contributed by atoms with van der Waals surface area (Å²) in [6, 6.07) is 22.7. The van der Waals surface area contributed by atoms with E-state index in [1.165, 1.54) is 6.07 Å². The molecular formula is C25H18FN3O2. The van der Waals surface area contributed by atoms with Crippen LogP contribution in [-0.2, 0) is 11.3 Å². The number of fused-ring (bicyclic) bond motifs is 1. The molecule has 3 amide bonds. The first-order valence-corrected chi connectivity index (χ1v) is 9.85. The first kappa shape index (κ1) is 18.8. The quantitative estimate of drug-likeness (QED) is 0.383. The molecule has 0 atom stereocenters. The molecule has 0 aliphatic carbocycles. The zero-order valence-corrected chi connectivity index (χ0v) is 16.5. The molecular weight excluding hydrogens is 393 g/mol. The number of hydrogen-bond donors (Lipinski definition) is 1. The van der Waals surface area contributed by atoms with Crippen molar-refractivity contribution < 1.29 is 14.0 Å². The van der Waals surface area contributed by atoms with E-state index >= 15 is 0 Å². The van der Waals surface area contributed by atoms with Gasteiger partial charge in [-0.3, -0.25) is 4.79 Å². The second-order valence-electron chi connectivity index (χ2n) is 7.29. The van der Waals surface area contributed by atoms with Crippen molar-refractivity contribution >= 4 is 34.6 Å². The summed E-state index contributed by atoms with van der Waals surface area (Å²) in [4.78, 5) is 26.5. The summed E-state index contributed by atoms with van der Waals surface area (Å²) >= 11 is 0. The Labute approximate surface area is 178 Å². The Balaban J connectivity index is 1.54. The van der Waals surface area contributed by atoms with Crippen LogP contribution in [0.15, 0.2) is 90.8 Å². The maximum absolute atomic E-state index is 14.2. The summed E-state index contributed by atoms with van der Waals surface area (Å²) in [5.41, 5.74) is 2.96. The molecule has 0 bridgehead atoms. The smallest absolute Gasteiger partial charge is 0.333 e. The number of carbonyl (C=O) groups is 2. The van der Waals surface area contributed by atoms with E-state index in [0.717, 1.165) is 21.4 Å². The minimum Gasteiger partial charge on any atom is -0.342 e. The molecule has 1 fully saturated rings. The second kappa shape index (κ2) is 7.57. The Kier molecular flexibility index (Phi) is 4.59. The molecule has 5 rings (SSSR count). The zero-order chi connectivity index (χ0) is 21.4. The third-order valence-electron chi connectivity index (χ3n) is 5.31. The minimum atomic E-state index is -0.488. The lowest BCUT2D eigenvalue weighted by Gasteiger charge is -2.10. The SMILES string of the molecule is O=C1NC(=Cc2cn(Cc3ccccc3F)c3ccccc23)C(=O)N1c1ccccc1. The molecule has 1 N–H and O–H groups in total. The van der Waals surface area contributed by atoms with Gasteiger partial charge in [-0.1, -0.05) is 54.6 Å². The Morgan fingerprint density at radius 2 is 1.58 bits per heavy atom. The third kappa shape index (κ3) is 3.38. The summed E-state index contributed by atoms with van der Waals surface area (Å²) in [5.74, 6) is -0.681. The summed E-state index contributed by atoms with van der Waals surface area (Å²) in [6.07, 6.45) is 3.54. The van der Waals surface area contributed by atoms with Gasteiger partial charge in [-0.15, -0.1) is 0 Å². The number of urea groups is 1. The van der Waals surface area contributed by atoms with E-state index in [0.29, 0.717) is 17.8 Å². The van der Waals surface area contributed by atoms with Gasteiger partial charge < -0.3 is 9.88 Å². The van der Waals surface area contributed by atoms with Gasteiger partial charge in [-0.05, 0) is 30.3 Å². The number of nitrogens with one attached hydrogen (secondary N) is 1. The lowest BCUT2D eigenvalue weighted by atomic mass is 10.1. The average molecular weight is 411 g/mol. The monoisotopic (exact) mass is 411 g/mol. The molecule has 3 aromatic carbocycles. The van der Waals surface area contributed by atoms with Crippen molar-refractivity contribution in [1.82, 2.24) is 9.88 Å². The highest BCUT2D eigenvalue weighted by Crippen LogP contribution is 2.27. The lowest BCUT2D eigenvalue weighted by Crippen LogP contribution is -2.30. The number of anilines is 1. The number of carbonyl (C=O) groups excluding carboxylic acids is 2. The number of hydrogen-bond acceptors (Lipinski definition) is 2. The Morgan fingerprint density at radius 3 is 2.39 bits per heavy atom. The predicted octanol–water partition coefficient (Wildman–Crippen LogP) is 4.93. The maximum atomic E-state index is 14.2. The highest BCUT2D eigenvalue weighted by atomic mass is 19.1. The molecule has 6 heteroatoms. The number of aromatic nitrogens is 1. The van der Waals surface area contributed by atoms with E-state index in [2.05, 4.69) is 5.32 Å². The van der Waals surface area contributed by atoms with Crippen molar-refractivity contribution in [2.75, 3.05) is 4.90 Å². The first-order chi connectivity index (χ1) is 15.1. The molecule has 0 radical (unpaired) electrons. The molecule has 1 aliphatic rings. The van der Waals surface area contributed by atoms with Crippen molar-refractivity contribution in [2.45, 2.75) is 6.54 Å². The number of halogens is 1. The standard InChI is InChI=1S/C25H18FN3O2/c26-21-12-6-4-8-17(21)15-28-16-18(20-11-5-7-13-23(20)28)14-22-24(30)29(25(31)27-22)19-9-2-1-3-10-19/h1-14,16H,15H2,(H,27,31). The van der Waals surface area contributed by atoms with Gasteiger partial charge in [0, 0.05) is 28.2 Å². The molecule has 0 spiro atoms. The fourth-order valence-corrected chi connectivity index (χ4v) is 3.83. The number of nitrogens with zero attached hydrogens (tertiary/aromatic N) is 2.